The number of sulfonamides is 1. The van der Waals surface area contributed by atoms with Gasteiger partial charge in [0.15, 0.2) is 5.17 Å². The van der Waals surface area contributed by atoms with E-state index < -0.39 is 27.7 Å². The molecule has 164 valence electrons. The van der Waals surface area contributed by atoms with Crippen LogP contribution in [-0.4, -0.2) is 38.3 Å². The van der Waals surface area contributed by atoms with Crippen LogP contribution < -0.4 is 9.62 Å². The molecule has 1 aliphatic heterocycles. The van der Waals surface area contributed by atoms with Gasteiger partial charge in [0.1, 0.15) is 0 Å². The van der Waals surface area contributed by atoms with Crippen LogP contribution in [0.5, 0.6) is 0 Å². The second-order valence-electron chi connectivity index (χ2n) is 6.39. The normalized spacial score (nSPS) is 14.1. The number of amides is 1. The van der Waals surface area contributed by atoms with E-state index in [2.05, 4.69) is 16.9 Å². The minimum atomic E-state index is -4.63. The molecule has 0 saturated heterocycles. The van der Waals surface area contributed by atoms with E-state index in [0.29, 0.717) is 11.7 Å². The third-order valence-electron chi connectivity index (χ3n) is 4.25. The maximum absolute atomic E-state index is 13.2. The topological polar surface area (TPSA) is 78.8 Å². The summed E-state index contributed by atoms with van der Waals surface area (Å²) in [4.78, 5) is 16.3. The number of anilines is 1. The highest BCUT2D eigenvalue weighted by Gasteiger charge is 2.32. The van der Waals surface area contributed by atoms with Crippen molar-refractivity contribution in [2.45, 2.75) is 11.1 Å². The van der Waals surface area contributed by atoms with Crippen molar-refractivity contribution in [2.75, 3.05) is 23.1 Å². The van der Waals surface area contributed by atoms with Gasteiger partial charge in [0, 0.05) is 11.3 Å². The van der Waals surface area contributed by atoms with Crippen molar-refractivity contribution in [3.8, 4) is 0 Å². The van der Waals surface area contributed by atoms with Crippen LogP contribution in [0.3, 0.4) is 0 Å². The number of hydrogen-bond acceptors (Lipinski definition) is 5. The van der Waals surface area contributed by atoms with Crippen LogP contribution in [0.1, 0.15) is 15.9 Å². The number of carbonyl (C=O) groups excluding carboxylic acids is 1. The van der Waals surface area contributed by atoms with Gasteiger partial charge in [0.2, 0.25) is 0 Å². The molecule has 2 aromatic rings. The lowest BCUT2D eigenvalue weighted by Gasteiger charge is -2.24. The van der Waals surface area contributed by atoms with E-state index >= 15 is 0 Å². The molecule has 0 atom stereocenters. The maximum atomic E-state index is 13.2. The highest BCUT2D eigenvalue weighted by Crippen LogP contribution is 2.33. The first-order valence-corrected chi connectivity index (χ1v) is 11.4. The second-order valence-corrected chi connectivity index (χ2v) is 9.34. The number of rotatable bonds is 6. The minimum absolute atomic E-state index is 0.0823. The van der Waals surface area contributed by atoms with Crippen molar-refractivity contribution >= 4 is 38.5 Å². The number of hydrogen-bond donors (Lipinski definition) is 1. The Morgan fingerprint density at radius 3 is 2.61 bits per heavy atom. The number of aliphatic imine (C=N–C) groups is 1. The fraction of sp³-hybridized carbons (Fsp3) is 0.200. The fourth-order valence-electron chi connectivity index (χ4n) is 2.80. The molecule has 0 spiro atoms. The lowest BCUT2D eigenvalue weighted by molar-refractivity contribution is -0.137. The Hall–Kier alpha value is -2.79. The first-order valence-electron chi connectivity index (χ1n) is 9.02. The standard InChI is InChI=1S/C20H18F3N3O3S2/c1-2-10-26(16-7-4-6-15(13-16)20(21,22)23)31(28,29)17-8-3-5-14(12-17)18(27)25-19-24-9-11-30-19/h2-8,12-13H,1,9-11H2,(H,24,25,27). The number of amidine groups is 1. The maximum Gasteiger partial charge on any atom is 0.416 e. The number of nitrogens with zero attached hydrogens (tertiary/aromatic N) is 2. The molecule has 0 aliphatic carbocycles. The summed E-state index contributed by atoms with van der Waals surface area (Å²) in [6, 6.07) is 9.30. The number of nitrogens with one attached hydrogen (secondary N) is 1. The van der Waals surface area contributed by atoms with Crippen molar-refractivity contribution < 1.29 is 26.4 Å². The largest absolute Gasteiger partial charge is 0.416 e. The monoisotopic (exact) mass is 469 g/mol. The molecular weight excluding hydrogens is 451 g/mol. The van der Waals surface area contributed by atoms with Crippen LogP contribution in [-0.2, 0) is 16.2 Å². The van der Waals surface area contributed by atoms with Gasteiger partial charge in [-0.1, -0.05) is 30.0 Å². The van der Waals surface area contributed by atoms with Gasteiger partial charge in [0.25, 0.3) is 15.9 Å². The van der Waals surface area contributed by atoms with E-state index in [0.717, 1.165) is 28.3 Å². The molecule has 0 fully saturated rings. The molecule has 31 heavy (non-hydrogen) atoms. The summed E-state index contributed by atoms with van der Waals surface area (Å²) >= 11 is 1.38. The van der Waals surface area contributed by atoms with Crippen molar-refractivity contribution in [2.24, 2.45) is 4.99 Å². The summed E-state index contributed by atoms with van der Waals surface area (Å²) in [5.74, 6) is 0.219. The Balaban J connectivity index is 1.96. The smallest absolute Gasteiger partial charge is 0.301 e. The van der Waals surface area contributed by atoms with Crippen molar-refractivity contribution in [1.82, 2.24) is 5.32 Å². The lowest BCUT2D eigenvalue weighted by atomic mass is 10.2. The number of benzene rings is 2. The molecule has 1 amide bonds. The minimum Gasteiger partial charge on any atom is -0.301 e. The molecule has 6 nitrogen and oxygen atoms in total. The Bertz CT molecular complexity index is 1130. The molecule has 3 rings (SSSR count). The Kier molecular flexibility index (Phi) is 6.75. The molecule has 2 aromatic carbocycles. The van der Waals surface area contributed by atoms with E-state index in [-0.39, 0.29) is 22.7 Å². The molecule has 1 aliphatic rings. The van der Waals surface area contributed by atoms with E-state index in [1.165, 1.54) is 48.2 Å². The molecule has 1 N–H and O–H groups in total. The third-order valence-corrected chi connectivity index (χ3v) is 6.93. The first-order chi connectivity index (χ1) is 14.6. The quantitative estimate of drug-likeness (QED) is 0.651. The second kappa shape index (κ2) is 9.15. The summed E-state index contributed by atoms with van der Waals surface area (Å²) in [7, 11) is -4.28. The average Bonchev–Trinajstić information content (AvgIpc) is 3.24. The zero-order valence-electron chi connectivity index (χ0n) is 16.1. The van der Waals surface area contributed by atoms with E-state index in [4.69, 9.17) is 0 Å². The molecule has 11 heteroatoms. The molecular formula is C20H18F3N3O3S2. The van der Waals surface area contributed by atoms with Gasteiger partial charge in [-0.25, -0.2) is 8.42 Å². The number of carbonyl (C=O) groups is 1. The highest BCUT2D eigenvalue weighted by atomic mass is 32.2. The van der Waals surface area contributed by atoms with Gasteiger partial charge in [-0.3, -0.25) is 14.1 Å². The molecule has 0 bridgehead atoms. The van der Waals surface area contributed by atoms with E-state index in [1.54, 1.807) is 0 Å². The third kappa shape index (κ3) is 5.28. The first kappa shape index (κ1) is 22.9. The summed E-state index contributed by atoms with van der Waals surface area (Å²) in [6.07, 6.45) is -3.36. The van der Waals surface area contributed by atoms with Crippen LogP contribution in [0, 0.1) is 0 Å². The van der Waals surface area contributed by atoms with Crippen molar-refractivity contribution in [1.29, 1.82) is 0 Å². The molecule has 0 unspecified atom stereocenters. The Morgan fingerprint density at radius 2 is 1.97 bits per heavy atom. The van der Waals surface area contributed by atoms with Gasteiger partial charge < -0.3 is 5.32 Å². The van der Waals surface area contributed by atoms with Gasteiger partial charge in [-0.2, -0.15) is 13.2 Å². The molecule has 0 radical (unpaired) electrons. The van der Waals surface area contributed by atoms with E-state index in [9.17, 15) is 26.4 Å². The summed E-state index contributed by atoms with van der Waals surface area (Å²) in [5, 5.41) is 3.06. The zero-order valence-corrected chi connectivity index (χ0v) is 17.7. The Morgan fingerprint density at radius 1 is 1.23 bits per heavy atom. The van der Waals surface area contributed by atoms with E-state index in [1.807, 2.05) is 0 Å². The Labute approximate surface area is 181 Å². The summed E-state index contributed by atoms with van der Waals surface area (Å²) in [6.45, 7) is 3.83. The van der Waals surface area contributed by atoms with Gasteiger partial charge in [-0.15, -0.1) is 6.58 Å². The molecule has 1 heterocycles. The predicted molar refractivity (Wildman–Crippen MR) is 115 cm³/mol. The van der Waals surface area contributed by atoms with Gasteiger partial charge >= 0.3 is 6.18 Å². The zero-order chi connectivity index (χ0) is 22.6. The number of halogens is 3. The number of thioether (sulfide) groups is 1. The van der Waals surface area contributed by atoms with Crippen LogP contribution in [0.4, 0.5) is 18.9 Å². The van der Waals surface area contributed by atoms with Crippen molar-refractivity contribution in [3.05, 3.63) is 72.3 Å². The van der Waals surface area contributed by atoms with Crippen molar-refractivity contribution in [3.63, 3.8) is 0 Å². The van der Waals surface area contributed by atoms with Crippen LogP contribution in [0.2, 0.25) is 0 Å². The number of alkyl halides is 3. The summed E-state index contributed by atoms with van der Waals surface area (Å²) in [5.41, 5.74) is -1.06. The van der Waals surface area contributed by atoms with Gasteiger partial charge in [-0.05, 0) is 36.4 Å². The summed E-state index contributed by atoms with van der Waals surface area (Å²) < 4.78 is 66.6. The SMILES string of the molecule is C=CCN(c1cccc(C(F)(F)F)c1)S(=O)(=O)c1cccc(C(=O)NC2=NCCS2)c1. The van der Waals surface area contributed by atoms with Gasteiger partial charge in [0.05, 0.1) is 29.2 Å². The predicted octanol–water partition coefficient (Wildman–Crippen LogP) is 3.92. The van der Waals surface area contributed by atoms with Crippen LogP contribution >= 0.6 is 11.8 Å². The fourth-order valence-corrected chi connectivity index (χ4v) is 5.00. The molecule has 0 saturated carbocycles. The van der Waals surface area contributed by atoms with Crippen LogP contribution in [0.25, 0.3) is 0 Å². The highest BCUT2D eigenvalue weighted by molar-refractivity contribution is 8.14. The lowest BCUT2D eigenvalue weighted by Crippen LogP contribution is -2.32. The average molecular weight is 470 g/mol. The van der Waals surface area contributed by atoms with Crippen LogP contribution in [0.15, 0.2) is 71.1 Å². The molecule has 0 aromatic heterocycles.